The Bertz CT molecular complexity index is 814. The Labute approximate surface area is 143 Å². The summed E-state index contributed by atoms with van der Waals surface area (Å²) in [4.78, 5) is 2.57. The Balaban J connectivity index is 1.91. The van der Waals surface area contributed by atoms with E-state index in [-0.39, 0.29) is 5.92 Å². The Morgan fingerprint density at radius 3 is 2.71 bits per heavy atom. The first-order chi connectivity index (χ1) is 11.4. The highest BCUT2D eigenvalue weighted by atomic mass is 32.2. The molecular weight excluding hydrogens is 324 g/mol. The first-order valence-electron chi connectivity index (χ1n) is 8.31. The number of hydrogen-bond donors (Lipinski definition) is 0. The standard InChI is InChI=1S/C17H24N4O2S/c1-13(2)21-12-18-19-17(21)14-7-6-10-20(11-14)15-8-4-5-9-16(15)24(3,22)23/h4-5,8-9,12-14H,6-7,10-11H2,1-3H3. The second-order valence-corrected chi connectivity index (χ2v) is 8.70. The van der Waals surface area contributed by atoms with E-state index in [0.717, 1.165) is 37.4 Å². The fraction of sp³-hybridized carbons (Fsp3) is 0.529. The normalized spacial score (nSPS) is 19.0. The molecule has 0 spiro atoms. The maximum absolute atomic E-state index is 12.1. The molecule has 0 saturated carbocycles. The number of aromatic nitrogens is 3. The van der Waals surface area contributed by atoms with Gasteiger partial charge in [0.2, 0.25) is 0 Å². The zero-order chi connectivity index (χ0) is 17.3. The second-order valence-electron chi connectivity index (χ2n) is 6.72. The van der Waals surface area contributed by atoms with Crippen LogP contribution in [0.25, 0.3) is 0 Å². The van der Waals surface area contributed by atoms with E-state index in [9.17, 15) is 8.42 Å². The minimum absolute atomic E-state index is 0.260. The summed E-state index contributed by atoms with van der Waals surface area (Å²) < 4.78 is 26.3. The van der Waals surface area contributed by atoms with Gasteiger partial charge in [-0.05, 0) is 38.8 Å². The van der Waals surface area contributed by atoms with Crippen molar-refractivity contribution < 1.29 is 8.42 Å². The van der Waals surface area contributed by atoms with E-state index < -0.39 is 9.84 Å². The van der Waals surface area contributed by atoms with Gasteiger partial charge < -0.3 is 9.47 Å². The Kier molecular flexibility index (Phi) is 4.62. The van der Waals surface area contributed by atoms with Crippen LogP contribution >= 0.6 is 0 Å². The average Bonchev–Trinajstić information content (AvgIpc) is 3.04. The molecule has 7 heteroatoms. The molecule has 24 heavy (non-hydrogen) atoms. The first-order valence-corrected chi connectivity index (χ1v) is 10.2. The fourth-order valence-electron chi connectivity index (χ4n) is 3.38. The minimum Gasteiger partial charge on any atom is -0.370 e. The van der Waals surface area contributed by atoms with Gasteiger partial charge in [-0.25, -0.2) is 8.42 Å². The van der Waals surface area contributed by atoms with Gasteiger partial charge in [-0.1, -0.05) is 12.1 Å². The Hall–Kier alpha value is -1.89. The number of hydrogen-bond acceptors (Lipinski definition) is 5. The molecule has 1 atom stereocenters. The van der Waals surface area contributed by atoms with Gasteiger partial charge in [-0.3, -0.25) is 0 Å². The van der Waals surface area contributed by atoms with Crippen molar-refractivity contribution in [3.05, 3.63) is 36.4 Å². The predicted octanol–water partition coefficient (Wildman–Crippen LogP) is 2.65. The van der Waals surface area contributed by atoms with Crippen LogP contribution in [0.3, 0.4) is 0 Å². The van der Waals surface area contributed by atoms with Crippen LogP contribution in [0.5, 0.6) is 0 Å². The number of piperidine rings is 1. The SMILES string of the molecule is CC(C)n1cnnc1C1CCCN(c2ccccc2S(C)(=O)=O)C1. The summed E-state index contributed by atoms with van der Waals surface area (Å²) in [6.07, 6.45) is 5.10. The highest BCUT2D eigenvalue weighted by molar-refractivity contribution is 7.90. The maximum Gasteiger partial charge on any atom is 0.177 e. The van der Waals surface area contributed by atoms with Crippen molar-refractivity contribution in [2.24, 2.45) is 0 Å². The van der Waals surface area contributed by atoms with E-state index in [0.29, 0.717) is 10.9 Å². The molecule has 0 bridgehead atoms. The largest absolute Gasteiger partial charge is 0.370 e. The zero-order valence-electron chi connectivity index (χ0n) is 14.4. The number of benzene rings is 1. The molecule has 1 saturated heterocycles. The van der Waals surface area contributed by atoms with Crippen LogP contribution < -0.4 is 4.90 Å². The van der Waals surface area contributed by atoms with Gasteiger partial charge >= 0.3 is 0 Å². The van der Waals surface area contributed by atoms with E-state index in [2.05, 4.69) is 33.5 Å². The van der Waals surface area contributed by atoms with E-state index in [1.165, 1.54) is 6.26 Å². The topological polar surface area (TPSA) is 68.1 Å². The summed E-state index contributed by atoms with van der Waals surface area (Å²) in [6.45, 7) is 5.86. The molecule has 1 aromatic heterocycles. The molecule has 0 aliphatic carbocycles. The lowest BCUT2D eigenvalue weighted by Crippen LogP contribution is -2.36. The molecule has 1 unspecified atom stereocenters. The second kappa shape index (κ2) is 6.55. The smallest absolute Gasteiger partial charge is 0.177 e. The average molecular weight is 348 g/mol. The number of sulfone groups is 1. The van der Waals surface area contributed by atoms with Crippen molar-refractivity contribution in [2.45, 2.75) is 43.5 Å². The lowest BCUT2D eigenvalue weighted by Gasteiger charge is -2.35. The third-order valence-corrected chi connectivity index (χ3v) is 5.69. The van der Waals surface area contributed by atoms with Gasteiger partial charge in [0, 0.05) is 31.3 Å². The number of para-hydroxylation sites is 1. The van der Waals surface area contributed by atoms with Gasteiger partial charge in [-0.2, -0.15) is 0 Å². The number of anilines is 1. The maximum atomic E-state index is 12.1. The highest BCUT2D eigenvalue weighted by Crippen LogP contribution is 2.33. The quantitative estimate of drug-likeness (QED) is 0.850. The van der Waals surface area contributed by atoms with E-state index in [1.807, 2.05) is 12.1 Å². The summed E-state index contributed by atoms with van der Waals surface area (Å²) in [7, 11) is -3.25. The van der Waals surface area contributed by atoms with Gasteiger partial charge in [0.25, 0.3) is 0 Å². The summed E-state index contributed by atoms with van der Waals surface area (Å²) in [6, 6.07) is 7.56. The van der Waals surface area contributed by atoms with E-state index >= 15 is 0 Å². The molecule has 1 fully saturated rings. The number of nitrogens with zero attached hydrogens (tertiary/aromatic N) is 4. The van der Waals surface area contributed by atoms with Crippen LogP contribution in [-0.2, 0) is 9.84 Å². The van der Waals surface area contributed by atoms with Gasteiger partial charge in [0.05, 0.1) is 10.6 Å². The highest BCUT2D eigenvalue weighted by Gasteiger charge is 2.28. The van der Waals surface area contributed by atoms with Crippen LogP contribution in [0.2, 0.25) is 0 Å². The van der Waals surface area contributed by atoms with Crippen LogP contribution in [0.15, 0.2) is 35.5 Å². The Morgan fingerprint density at radius 1 is 1.25 bits per heavy atom. The van der Waals surface area contributed by atoms with Crippen LogP contribution in [0.4, 0.5) is 5.69 Å². The van der Waals surface area contributed by atoms with Crippen molar-refractivity contribution in [3.63, 3.8) is 0 Å². The molecular formula is C17H24N4O2S. The molecule has 0 radical (unpaired) electrons. The van der Waals surface area contributed by atoms with Gasteiger partial charge in [0.15, 0.2) is 9.84 Å². The van der Waals surface area contributed by atoms with Crippen molar-refractivity contribution >= 4 is 15.5 Å². The monoisotopic (exact) mass is 348 g/mol. The molecule has 2 aromatic rings. The molecule has 1 aliphatic heterocycles. The molecule has 1 aromatic carbocycles. The summed E-state index contributed by atoms with van der Waals surface area (Å²) in [5.41, 5.74) is 0.792. The summed E-state index contributed by atoms with van der Waals surface area (Å²) >= 11 is 0. The van der Waals surface area contributed by atoms with Crippen molar-refractivity contribution in [1.29, 1.82) is 0 Å². The molecule has 0 amide bonds. The summed E-state index contributed by atoms with van der Waals surface area (Å²) in [5.74, 6) is 1.25. The van der Waals surface area contributed by atoms with E-state index in [1.54, 1.807) is 18.5 Å². The van der Waals surface area contributed by atoms with Crippen LogP contribution in [-0.4, -0.2) is 42.5 Å². The lowest BCUT2D eigenvalue weighted by atomic mass is 9.96. The molecule has 3 rings (SSSR count). The van der Waals surface area contributed by atoms with Crippen LogP contribution in [0, 0.1) is 0 Å². The van der Waals surface area contributed by atoms with Crippen LogP contribution in [0.1, 0.15) is 44.5 Å². The predicted molar refractivity (Wildman–Crippen MR) is 94.1 cm³/mol. The van der Waals surface area contributed by atoms with Gasteiger partial charge in [-0.15, -0.1) is 10.2 Å². The number of rotatable bonds is 4. The third-order valence-electron chi connectivity index (χ3n) is 4.55. The summed E-state index contributed by atoms with van der Waals surface area (Å²) in [5, 5.41) is 8.40. The fourth-order valence-corrected chi connectivity index (χ4v) is 4.28. The minimum atomic E-state index is -3.25. The Morgan fingerprint density at radius 2 is 2.00 bits per heavy atom. The van der Waals surface area contributed by atoms with Crippen molar-refractivity contribution in [2.75, 3.05) is 24.2 Å². The molecule has 1 aliphatic rings. The molecule has 0 N–H and O–H groups in total. The zero-order valence-corrected chi connectivity index (χ0v) is 15.2. The molecule has 2 heterocycles. The molecule has 130 valence electrons. The first kappa shape index (κ1) is 17.0. The van der Waals surface area contributed by atoms with Gasteiger partial charge in [0.1, 0.15) is 12.2 Å². The lowest BCUT2D eigenvalue weighted by molar-refractivity contribution is 0.453. The van der Waals surface area contributed by atoms with E-state index in [4.69, 9.17) is 0 Å². The molecule has 6 nitrogen and oxygen atoms in total. The van der Waals surface area contributed by atoms with Crippen molar-refractivity contribution in [1.82, 2.24) is 14.8 Å². The third kappa shape index (κ3) is 3.31. The van der Waals surface area contributed by atoms with Crippen molar-refractivity contribution in [3.8, 4) is 0 Å².